The Balaban J connectivity index is 1.60. The van der Waals surface area contributed by atoms with Gasteiger partial charge >= 0.3 is 6.18 Å². The van der Waals surface area contributed by atoms with Crippen LogP contribution in [0.1, 0.15) is 30.3 Å². The minimum Gasteiger partial charge on any atom is -0.356 e. The molecular formula is C14H14F3N7. The highest BCUT2D eigenvalue weighted by Crippen LogP contribution is 2.32. The number of piperidine rings is 1. The number of nitrogens with zero attached hydrogens (tertiary/aromatic N) is 6. The lowest BCUT2D eigenvalue weighted by atomic mass is 9.97. The van der Waals surface area contributed by atoms with Crippen LogP contribution >= 0.6 is 0 Å². The SMILES string of the molecule is FC(F)(F)c1cnc(C2CCCN(c3cncc4nncn34)C2)[nH]1. The molecule has 24 heavy (non-hydrogen) atoms. The number of anilines is 1. The van der Waals surface area contributed by atoms with Gasteiger partial charge in [-0.05, 0) is 12.8 Å². The number of aromatic amines is 1. The molecule has 0 spiro atoms. The largest absolute Gasteiger partial charge is 0.432 e. The van der Waals surface area contributed by atoms with Crippen molar-refractivity contribution in [3.05, 3.63) is 36.4 Å². The Morgan fingerprint density at radius 3 is 2.88 bits per heavy atom. The molecule has 1 N–H and O–H groups in total. The molecule has 0 amide bonds. The molecule has 10 heteroatoms. The van der Waals surface area contributed by atoms with E-state index in [4.69, 9.17) is 0 Å². The molecule has 0 aromatic carbocycles. The van der Waals surface area contributed by atoms with E-state index < -0.39 is 11.9 Å². The fourth-order valence-corrected chi connectivity index (χ4v) is 3.07. The second-order valence-electron chi connectivity index (χ2n) is 5.79. The average molecular weight is 337 g/mol. The molecule has 4 rings (SSSR count). The Hall–Kier alpha value is -2.65. The standard InChI is InChI=1S/C14H14F3N7/c15-14(16,17)10-4-19-13(21-10)9-2-1-3-23(7-9)12-6-18-5-11-22-20-8-24(11)12/h4-6,8-9H,1-3,7H2,(H,19,21). The van der Waals surface area contributed by atoms with Gasteiger partial charge in [0.2, 0.25) is 0 Å². The van der Waals surface area contributed by atoms with Gasteiger partial charge in [-0.25, -0.2) is 4.98 Å². The average Bonchev–Trinajstić information content (AvgIpc) is 3.23. The second-order valence-corrected chi connectivity index (χ2v) is 5.79. The number of rotatable bonds is 2. The quantitative estimate of drug-likeness (QED) is 0.776. The highest BCUT2D eigenvalue weighted by molar-refractivity contribution is 5.48. The number of alkyl halides is 3. The first-order chi connectivity index (χ1) is 11.5. The molecule has 7 nitrogen and oxygen atoms in total. The van der Waals surface area contributed by atoms with Crippen LogP contribution in [-0.2, 0) is 6.18 Å². The molecule has 3 aromatic heterocycles. The zero-order valence-electron chi connectivity index (χ0n) is 12.5. The summed E-state index contributed by atoms with van der Waals surface area (Å²) in [5.74, 6) is 1.10. The van der Waals surface area contributed by atoms with Crippen LogP contribution < -0.4 is 4.90 Å². The number of aromatic nitrogens is 6. The van der Waals surface area contributed by atoms with Crippen molar-refractivity contribution < 1.29 is 13.2 Å². The van der Waals surface area contributed by atoms with E-state index >= 15 is 0 Å². The maximum absolute atomic E-state index is 12.7. The lowest BCUT2D eigenvalue weighted by Crippen LogP contribution is -2.36. The number of halogens is 3. The minimum atomic E-state index is -4.41. The number of H-pyrrole nitrogens is 1. The summed E-state index contributed by atoms with van der Waals surface area (Å²) in [6, 6.07) is 0. The molecule has 1 saturated heterocycles. The molecular weight excluding hydrogens is 323 g/mol. The predicted molar refractivity (Wildman–Crippen MR) is 78.6 cm³/mol. The first-order valence-corrected chi connectivity index (χ1v) is 7.53. The van der Waals surface area contributed by atoms with Crippen molar-refractivity contribution in [1.82, 2.24) is 29.5 Å². The Morgan fingerprint density at radius 1 is 1.21 bits per heavy atom. The van der Waals surface area contributed by atoms with Crippen LogP contribution in [0, 0.1) is 0 Å². The molecule has 126 valence electrons. The highest BCUT2D eigenvalue weighted by atomic mass is 19.4. The number of nitrogens with one attached hydrogen (secondary N) is 1. The van der Waals surface area contributed by atoms with E-state index in [1.165, 1.54) is 0 Å². The van der Waals surface area contributed by atoms with Crippen molar-refractivity contribution >= 4 is 11.5 Å². The van der Waals surface area contributed by atoms with Crippen LogP contribution in [0.25, 0.3) is 5.65 Å². The van der Waals surface area contributed by atoms with Crippen molar-refractivity contribution in [1.29, 1.82) is 0 Å². The number of fused-ring (bicyclic) bond motifs is 1. The van der Waals surface area contributed by atoms with Crippen LogP contribution in [0.2, 0.25) is 0 Å². The molecule has 0 bridgehead atoms. The molecule has 1 fully saturated rings. The van der Waals surface area contributed by atoms with Crippen molar-refractivity contribution in [2.75, 3.05) is 18.0 Å². The molecule has 0 saturated carbocycles. The van der Waals surface area contributed by atoms with Crippen molar-refractivity contribution in [2.24, 2.45) is 0 Å². The highest BCUT2D eigenvalue weighted by Gasteiger charge is 2.34. The van der Waals surface area contributed by atoms with Gasteiger partial charge < -0.3 is 9.88 Å². The summed E-state index contributed by atoms with van der Waals surface area (Å²) in [6.45, 7) is 1.35. The van der Waals surface area contributed by atoms with Crippen molar-refractivity contribution in [3.8, 4) is 0 Å². The van der Waals surface area contributed by atoms with E-state index in [1.807, 2.05) is 4.40 Å². The van der Waals surface area contributed by atoms with Gasteiger partial charge in [0.05, 0.1) is 18.6 Å². The molecule has 1 unspecified atom stereocenters. The first kappa shape index (κ1) is 14.9. The summed E-state index contributed by atoms with van der Waals surface area (Å²) in [6.07, 6.45) is 3.01. The van der Waals surface area contributed by atoms with Gasteiger partial charge in [-0.2, -0.15) is 13.2 Å². The Kier molecular flexibility index (Phi) is 3.39. The Bertz CT molecular complexity index is 853. The van der Waals surface area contributed by atoms with Gasteiger partial charge in [0.1, 0.15) is 23.7 Å². The third-order valence-electron chi connectivity index (χ3n) is 4.23. The van der Waals surface area contributed by atoms with Crippen LogP contribution in [0.3, 0.4) is 0 Å². The zero-order chi connectivity index (χ0) is 16.7. The maximum atomic E-state index is 12.7. The van der Waals surface area contributed by atoms with Gasteiger partial charge in [-0.1, -0.05) is 0 Å². The van der Waals surface area contributed by atoms with Gasteiger partial charge in [0.25, 0.3) is 0 Å². The molecule has 1 atom stereocenters. The summed E-state index contributed by atoms with van der Waals surface area (Å²) < 4.78 is 40.0. The van der Waals surface area contributed by atoms with Gasteiger partial charge in [-0.3, -0.25) is 9.38 Å². The third-order valence-corrected chi connectivity index (χ3v) is 4.23. The van der Waals surface area contributed by atoms with Crippen molar-refractivity contribution in [3.63, 3.8) is 0 Å². The number of hydrogen-bond acceptors (Lipinski definition) is 5. The molecule has 1 aliphatic rings. The van der Waals surface area contributed by atoms with Crippen LogP contribution in [-0.4, -0.2) is 42.6 Å². The van der Waals surface area contributed by atoms with Crippen LogP contribution in [0.5, 0.6) is 0 Å². The summed E-state index contributed by atoms with van der Waals surface area (Å²) in [7, 11) is 0. The minimum absolute atomic E-state index is 0.0958. The van der Waals surface area contributed by atoms with E-state index in [0.29, 0.717) is 18.0 Å². The topological polar surface area (TPSA) is 75.0 Å². The Morgan fingerprint density at radius 2 is 2.08 bits per heavy atom. The summed E-state index contributed by atoms with van der Waals surface area (Å²) in [5, 5.41) is 7.83. The molecule has 0 radical (unpaired) electrons. The number of hydrogen-bond donors (Lipinski definition) is 1. The number of imidazole rings is 1. The molecule has 4 heterocycles. The van der Waals surface area contributed by atoms with Crippen LogP contribution in [0.4, 0.5) is 19.0 Å². The molecule has 0 aliphatic carbocycles. The normalized spacial score (nSPS) is 19.1. The smallest absolute Gasteiger partial charge is 0.356 e. The lowest BCUT2D eigenvalue weighted by molar-refractivity contribution is -0.141. The third kappa shape index (κ3) is 2.57. The zero-order valence-corrected chi connectivity index (χ0v) is 12.5. The van der Waals surface area contributed by atoms with Gasteiger partial charge in [0, 0.05) is 19.0 Å². The van der Waals surface area contributed by atoms with E-state index in [1.54, 1.807) is 18.7 Å². The van der Waals surface area contributed by atoms with E-state index in [9.17, 15) is 13.2 Å². The fourth-order valence-electron chi connectivity index (χ4n) is 3.07. The molecule has 3 aromatic rings. The Labute approximate surface area is 134 Å². The first-order valence-electron chi connectivity index (χ1n) is 7.53. The summed E-state index contributed by atoms with van der Waals surface area (Å²) >= 11 is 0. The van der Waals surface area contributed by atoms with Crippen molar-refractivity contribution in [2.45, 2.75) is 24.9 Å². The van der Waals surface area contributed by atoms with E-state index in [2.05, 4.69) is 30.0 Å². The van der Waals surface area contributed by atoms with Crippen LogP contribution in [0.15, 0.2) is 24.9 Å². The fraction of sp³-hybridized carbons (Fsp3) is 0.429. The monoisotopic (exact) mass is 337 g/mol. The van der Waals surface area contributed by atoms with Gasteiger partial charge in [-0.15, -0.1) is 10.2 Å². The molecule has 1 aliphatic heterocycles. The van der Waals surface area contributed by atoms with E-state index in [-0.39, 0.29) is 5.92 Å². The summed E-state index contributed by atoms with van der Waals surface area (Å²) in [5.41, 5.74) is -0.177. The van der Waals surface area contributed by atoms with Gasteiger partial charge in [0.15, 0.2) is 5.65 Å². The second kappa shape index (κ2) is 5.46. The predicted octanol–water partition coefficient (Wildman–Crippen LogP) is 2.25. The summed E-state index contributed by atoms with van der Waals surface area (Å²) in [4.78, 5) is 12.6. The lowest BCUT2D eigenvalue weighted by Gasteiger charge is -2.33. The maximum Gasteiger partial charge on any atom is 0.432 e. The van der Waals surface area contributed by atoms with E-state index in [0.717, 1.165) is 31.4 Å².